The van der Waals surface area contributed by atoms with E-state index in [4.69, 9.17) is 9.47 Å². The third-order valence-corrected chi connectivity index (χ3v) is 3.34. The van der Waals surface area contributed by atoms with Gasteiger partial charge in [-0.3, -0.25) is 0 Å². The lowest BCUT2D eigenvalue weighted by Gasteiger charge is -2.24. The molecule has 1 unspecified atom stereocenters. The number of hydrogen-bond donors (Lipinski definition) is 1. The van der Waals surface area contributed by atoms with Gasteiger partial charge in [-0.05, 0) is 31.2 Å². The van der Waals surface area contributed by atoms with E-state index >= 15 is 0 Å². The minimum absolute atomic E-state index is 0.309. The molecule has 3 heteroatoms. The summed E-state index contributed by atoms with van der Waals surface area (Å²) in [5.41, 5.74) is 1.28. The van der Waals surface area contributed by atoms with E-state index in [1.54, 1.807) is 0 Å². The highest BCUT2D eigenvalue weighted by Gasteiger charge is 2.15. The number of benzene rings is 1. The second-order valence-electron chi connectivity index (χ2n) is 4.78. The Balaban J connectivity index is 1.97. The van der Waals surface area contributed by atoms with Crippen LogP contribution in [0.5, 0.6) is 5.75 Å². The highest BCUT2D eigenvalue weighted by atomic mass is 16.5. The average Bonchev–Trinajstić information content (AvgIpc) is 2.40. The van der Waals surface area contributed by atoms with E-state index in [1.807, 2.05) is 6.07 Å². The molecular formula is C15H23NO2. The SMILES string of the molecule is CCNC(C)c1cccc(OC2CCOCC2)c1. The number of hydrogen-bond acceptors (Lipinski definition) is 3. The molecule has 1 aliphatic heterocycles. The summed E-state index contributed by atoms with van der Waals surface area (Å²) in [7, 11) is 0. The van der Waals surface area contributed by atoms with Gasteiger partial charge >= 0.3 is 0 Å². The Kier molecular flexibility index (Phi) is 5.02. The highest BCUT2D eigenvalue weighted by Crippen LogP contribution is 2.22. The zero-order valence-electron chi connectivity index (χ0n) is 11.3. The van der Waals surface area contributed by atoms with Gasteiger partial charge in [0.25, 0.3) is 0 Å². The second-order valence-corrected chi connectivity index (χ2v) is 4.78. The van der Waals surface area contributed by atoms with Crippen LogP contribution >= 0.6 is 0 Å². The Morgan fingerprint density at radius 3 is 2.89 bits per heavy atom. The molecule has 0 spiro atoms. The third-order valence-electron chi connectivity index (χ3n) is 3.34. The molecule has 18 heavy (non-hydrogen) atoms. The Morgan fingerprint density at radius 2 is 2.17 bits per heavy atom. The van der Waals surface area contributed by atoms with Crippen LogP contribution in [0.1, 0.15) is 38.3 Å². The fraction of sp³-hybridized carbons (Fsp3) is 0.600. The van der Waals surface area contributed by atoms with Crippen LogP contribution in [0.15, 0.2) is 24.3 Å². The molecule has 0 aliphatic carbocycles. The molecule has 0 radical (unpaired) electrons. The Bertz CT molecular complexity index is 361. The monoisotopic (exact) mass is 249 g/mol. The van der Waals surface area contributed by atoms with Crippen LogP contribution in [-0.4, -0.2) is 25.9 Å². The summed E-state index contributed by atoms with van der Waals surface area (Å²) in [5.74, 6) is 0.976. The molecule has 1 heterocycles. The van der Waals surface area contributed by atoms with Crippen molar-refractivity contribution in [1.82, 2.24) is 5.32 Å². The molecule has 1 aromatic carbocycles. The first kappa shape index (κ1) is 13.4. The molecule has 3 nitrogen and oxygen atoms in total. The van der Waals surface area contributed by atoms with E-state index in [2.05, 4.69) is 37.4 Å². The maximum absolute atomic E-state index is 6.02. The molecule has 1 aromatic rings. The summed E-state index contributed by atoms with van der Waals surface area (Å²) in [6.45, 7) is 6.92. The predicted molar refractivity (Wildman–Crippen MR) is 73.0 cm³/mol. The lowest BCUT2D eigenvalue weighted by molar-refractivity contribution is 0.0255. The van der Waals surface area contributed by atoms with Gasteiger partial charge in [0.2, 0.25) is 0 Å². The number of nitrogens with one attached hydrogen (secondary N) is 1. The first-order chi connectivity index (χ1) is 8.79. The van der Waals surface area contributed by atoms with E-state index in [-0.39, 0.29) is 0 Å². The molecule has 100 valence electrons. The molecule has 1 aliphatic rings. The van der Waals surface area contributed by atoms with Crippen molar-refractivity contribution in [1.29, 1.82) is 0 Å². The molecule has 0 saturated carbocycles. The van der Waals surface area contributed by atoms with Gasteiger partial charge in [-0.2, -0.15) is 0 Å². The number of ether oxygens (including phenoxy) is 2. The van der Waals surface area contributed by atoms with Crippen LogP contribution < -0.4 is 10.1 Å². The zero-order valence-corrected chi connectivity index (χ0v) is 11.3. The van der Waals surface area contributed by atoms with E-state index < -0.39 is 0 Å². The van der Waals surface area contributed by atoms with Gasteiger partial charge in [0.15, 0.2) is 0 Å². The van der Waals surface area contributed by atoms with Crippen molar-refractivity contribution in [3.8, 4) is 5.75 Å². The third kappa shape index (κ3) is 3.72. The molecule has 1 saturated heterocycles. The van der Waals surface area contributed by atoms with Gasteiger partial charge in [0, 0.05) is 18.9 Å². The second kappa shape index (κ2) is 6.76. The average molecular weight is 249 g/mol. The summed E-state index contributed by atoms with van der Waals surface area (Å²) < 4.78 is 11.4. The molecule has 0 amide bonds. The van der Waals surface area contributed by atoms with Gasteiger partial charge in [-0.25, -0.2) is 0 Å². The quantitative estimate of drug-likeness (QED) is 0.870. The van der Waals surface area contributed by atoms with Gasteiger partial charge < -0.3 is 14.8 Å². The van der Waals surface area contributed by atoms with Gasteiger partial charge in [0.1, 0.15) is 11.9 Å². The summed E-state index contributed by atoms with van der Waals surface area (Å²) in [6, 6.07) is 8.76. The molecule has 0 bridgehead atoms. The predicted octanol–water partition coefficient (Wildman–Crippen LogP) is 2.91. The fourth-order valence-electron chi connectivity index (χ4n) is 2.27. The van der Waals surface area contributed by atoms with Gasteiger partial charge in [-0.1, -0.05) is 19.1 Å². The van der Waals surface area contributed by atoms with Crippen LogP contribution in [0.3, 0.4) is 0 Å². The first-order valence-corrected chi connectivity index (χ1v) is 6.87. The van der Waals surface area contributed by atoms with Crippen molar-refractivity contribution < 1.29 is 9.47 Å². The van der Waals surface area contributed by atoms with Crippen molar-refractivity contribution in [2.75, 3.05) is 19.8 Å². The normalized spacial score (nSPS) is 18.6. The highest BCUT2D eigenvalue weighted by molar-refractivity contribution is 5.30. The number of rotatable bonds is 5. The van der Waals surface area contributed by atoms with Crippen LogP contribution in [0.25, 0.3) is 0 Å². The maximum Gasteiger partial charge on any atom is 0.120 e. The fourth-order valence-corrected chi connectivity index (χ4v) is 2.27. The summed E-state index contributed by atoms with van der Waals surface area (Å²) in [4.78, 5) is 0. The first-order valence-electron chi connectivity index (χ1n) is 6.87. The largest absolute Gasteiger partial charge is 0.490 e. The van der Waals surface area contributed by atoms with Crippen molar-refractivity contribution in [3.05, 3.63) is 29.8 Å². The van der Waals surface area contributed by atoms with E-state index in [0.29, 0.717) is 12.1 Å². The summed E-state index contributed by atoms with van der Waals surface area (Å²) in [6.07, 6.45) is 2.29. The zero-order chi connectivity index (χ0) is 12.8. The molecule has 1 N–H and O–H groups in total. The Hall–Kier alpha value is -1.06. The topological polar surface area (TPSA) is 30.5 Å². The minimum atomic E-state index is 0.309. The van der Waals surface area contributed by atoms with Crippen molar-refractivity contribution in [3.63, 3.8) is 0 Å². The van der Waals surface area contributed by atoms with E-state index in [0.717, 1.165) is 38.3 Å². The lowest BCUT2D eigenvalue weighted by Crippen LogP contribution is -2.26. The standard InChI is InChI=1S/C15H23NO2/c1-3-16-12(2)13-5-4-6-15(11-13)18-14-7-9-17-10-8-14/h4-6,11-12,14,16H,3,7-10H2,1-2H3. The van der Waals surface area contributed by atoms with Crippen LogP contribution in [-0.2, 0) is 4.74 Å². The van der Waals surface area contributed by atoms with Crippen molar-refractivity contribution in [2.45, 2.75) is 38.8 Å². The van der Waals surface area contributed by atoms with Crippen molar-refractivity contribution >= 4 is 0 Å². The Morgan fingerprint density at radius 1 is 1.39 bits per heavy atom. The Labute approximate surface area is 109 Å². The van der Waals surface area contributed by atoms with Crippen LogP contribution in [0.4, 0.5) is 0 Å². The molecule has 1 atom stereocenters. The molecule has 2 rings (SSSR count). The van der Waals surface area contributed by atoms with E-state index in [1.165, 1.54) is 5.56 Å². The lowest BCUT2D eigenvalue weighted by atomic mass is 10.1. The van der Waals surface area contributed by atoms with Crippen molar-refractivity contribution in [2.24, 2.45) is 0 Å². The van der Waals surface area contributed by atoms with Gasteiger partial charge in [0.05, 0.1) is 13.2 Å². The molecule has 1 fully saturated rings. The maximum atomic E-state index is 6.02. The van der Waals surface area contributed by atoms with Gasteiger partial charge in [-0.15, -0.1) is 0 Å². The smallest absolute Gasteiger partial charge is 0.120 e. The summed E-state index contributed by atoms with van der Waals surface area (Å²) >= 11 is 0. The molecule has 0 aromatic heterocycles. The van der Waals surface area contributed by atoms with Crippen LogP contribution in [0.2, 0.25) is 0 Å². The summed E-state index contributed by atoms with van der Waals surface area (Å²) in [5, 5.41) is 3.42. The van der Waals surface area contributed by atoms with E-state index in [9.17, 15) is 0 Å². The van der Waals surface area contributed by atoms with Crippen LogP contribution in [0, 0.1) is 0 Å². The minimum Gasteiger partial charge on any atom is -0.490 e. The molecular weight excluding hydrogens is 226 g/mol.